The van der Waals surface area contributed by atoms with Crippen LogP contribution in [0, 0.1) is 13.8 Å². The van der Waals surface area contributed by atoms with Crippen molar-refractivity contribution in [3.8, 4) is 5.75 Å². The Morgan fingerprint density at radius 1 is 1.18 bits per heavy atom. The lowest BCUT2D eigenvalue weighted by molar-refractivity contribution is -0.136. The van der Waals surface area contributed by atoms with Crippen LogP contribution >= 0.6 is 11.6 Å². The van der Waals surface area contributed by atoms with E-state index in [0.717, 1.165) is 40.3 Å². The minimum Gasteiger partial charge on any atom is -0.491 e. The van der Waals surface area contributed by atoms with Crippen molar-refractivity contribution in [1.29, 1.82) is 0 Å². The molecule has 0 radical (unpaired) electrons. The Hall–Kier alpha value is -2.53. The molecule has 5 nitrogen and oxygen atoms in total. The van der Waals surface area contributed by atoms with Crippen LogP contribution in [0.25, 0.3) is 0 Å². The molecular formula is C22H25ClN2O3. The van der Waals surface area contributed by atoms with Gasteiger partial charge < -0.3 is 9.84 Å². The number of aliphatic carboxylic acids is 1. The number of benzene rings is 2. The van der Waals surface area contributed by atoms with Gasteiger partial charge in [0.05, 0.1) is 11.7 Å². The molecule has 6 heteroatoms. The Labute approximate surface area is 170 Å². The highest BCUT2D eigenvalue weighted by Gasteiger charge is 2.26. The average Bonchev–Trinajstić information content (AvgIpc) is 3.03. The topological polar surface area (TPSA) is 62.1 Å². The lowest BCUT2D eigenvalue weighted by Gasteiger charge is -2.24. The highest BCUT2D eigenvalue weighted by Crippen LogP contribution is 2.29. The molecule has 0 saturated carbocycles. The first-order valence-corrected chi connectivity index (χ1v) is 9.75. The number of hydrogen-bond acceptors (Lipinski definition) is 4. The summed E-state index contributed by atoms with van der Waals surface area (Å²) >= 11 is 6.00. The third kappa shape index (κ3) is 4.65. The smallest absolute Gasteiger partial charge is 0.303 e. The molecule has 2 aromatic rings. The normalized spacial score (nSPS) is 16.2. The molecule has 1 atom stereocenters. The predicted molar refractivity (Wildman–Crippen MR) is 113 cm³/mol. The van der Waals surface area contributed by atoms with E-state index in [2.05, 4.69) is 5.10 Å². The summed E-state index contributed by atoms with van der Waals surface area (Å²) in [6.07, 6.45) is 1.51. The number of ether oxygens (including phenoxy) is 1. The van der Waals surface area contributed by atoms with Crippen molar-refractivity contribution in [2.45, 2.75) is 46.1 Å². The van der Waals surface area contributed by atoms with Crippen molar-refractivity contribution in [2.75, 3.05) is 11.6 Å². The standard InChI is InChI=1S/C22H25ClN2O3/c1-14-12-20(25(24-14)19-8-6-18(23)7-9-19)13-28-21-10-4-17(5-11-22(26)27)15(2)16(21)3/h4,6-10,20H,5,11-13H2,1-3H3,(H,26,27). The van der Waals surface area contributed by atoms with E-state index in [-0.39, 0.29) is 12.5 Å². The number of carbonyl (C=O) groups is 1. The third-order valence-electron chi connectivity index (χ3n) is 5.14. The molecule has 0 aliphatic carbocycles. The highest BCUT2D eigenvalue weighted by atomic mass is 35.5. The van der Waals surface area contributed by atoms with Crippen LogP contribution in [0.1, 0.15) is 36.5 Å². The largest absolute Gasteiger partial charge is 0.491 e. The lowest BCUT2D eigenvalue weighted by atomic mass is 9.99. The van der Waals surface area contributed by atoms with Crippen LogP contribution in [0.5, 0.6) is 5.75 Å². The van der Waals surface area contributed by atoms with E-state index in [1.54, 1.807) is 0 Å². The summed E-state index contributed by atoms with van der Waals surface area (Å²) in [5.74, 6) is 0.0495. The van der Waals surface area contributed by atoms with Crippen LogP contribution in [0.2, 0.25) is 5.02 Å². The molecule has 0 fully saturated rings. The molecule has 28 heavy (non-hydrogen) atoms. The predicted octanol–water partition coefficient (Wildman–Crippen LogP) is 5.01. The van der Waals surface area contributed by atoms with Gasteiger partial charge in [0.25, 0.3) is 0 Å². The molecule has 0 saturated heterocycles. The molecular weight excluding hydrogens is 376 g/mol. The van der Waals surface area contributed by atoms with E-state index in [1.165, 1.54) is 0 Å². The Balaban J connectivity index is 1.70. The first-order valence-electron chi connectivity index (χ1n) is 9.37. The maximum absolute atomic E-state index is 10.8. The minimum absolute atomic E-state index is 0.118. The fourth-order valence-corrected chi connectivity index (χ4v) is 3.56. The molecule has 0 spiro atoms. The number of rotatable bonds is 7. The van der Waals surface area contributed by atoms with Gasteiger partial charge in [-0.1, -0.05) is 17.7 Å². The summed E-state index contributed by atoms with van der Waals surface area (Å²) in [5.41, 5.74) is 5.26. The van der Waals surface area contributed by atoms with Gasteiger partial charge in [-0.25, -0.2) is 0 Å². The molecule has 1 unspecified atom stereocenters. The summed E-state index contributed by atoms with van der Waals surface area (Å²) in [7, 11) is 0. The summed E-state index contributed by atoms with van der Waals surface area (Å²) in [6, 6.07) is 11.7. The van der Waals surface area contributed by atoms with Crippen LogP contribution in [-0.2, 0) is 11.2 Å². The Morgan fingerprint density at radius 3 is 2.57 bits per heavy atom. The fraction of sp³-hybridized carbons (Fsp3) is 0.364. The van der Waals surface area contributed by atoms with Crippen molar-refractivity contribution >= 4 is 29.0 Å². The van der Waals surface area contributed by atoms with Gasteiger partial charge in [-0.05, 0) is 74.2 Å². The number of nitrogens with zero attached hydrogens (tertiary/aromatic N) is 2. The number of carboxylic acids is 1. The van der Waals surface area contributed by atoms with Crippen LogP contribution in [0.15, 0.2) is 41.5 Å². The maximum Gasteiger partial charge on any atom is 0.303 e. The number of hydrogen-bond donors (Lipinski definition) is 1. The lowest BCUT2D eigenvalue weighted by Crippen LogP contribution is -2.32. The van der Waals surface area contributed by atoms with E-state index >= 15 is 0 Å². The fourth-order valence-electron chi connectivity index (χ4n) is 3.43. The molecule has 0 aromatic heterocycles. The third-order valence-corrected chi connectivity index (χ3v) is 5.39. The first-order chi connectivity index (χ1) is 13.3. The van der Waals surface area contributed by atoms with Gasteiger partial charge >= 0.3 is 5.97 Å². The SMILES string of the molecule is CC1=NN(c2ccc(Cl)cc2)C(COc2ccc(CCC(=O)O)c(C)c2C)C1. The number of carboxylic acid groups (broad SMARTS) is 1. The van der Waals surface area contributed by atoms with Crippen molar-refractivity contribution in [3.63, 3.8) is 0 Å². The molecule has 1 aliphatic heterocycles. The number of halogens is 1. The van der Waals surface area contributed by atoms with Gasteiger partial charge in [0.2, 0.25) is 0 Å². The maximum atomic E-state index is 10.8. The highest BCUT2D eigenvalue weighted by molar-refractivity contribution is 6.30. The summed E-state index contributed by atoms with van der Waals surface area (Å²) < 4.78 is 6.15. The van der Waals surface area contributed by atoms with Gasteiger partial charge in [0, 0.05) is 23.6 Å². The second-order valence-electron chi connectivity index (χ2n) is 7.19. The summed E-state index contributed by atoms with van der Waals surface area (Å²) in [6.45, 7) is 6.57. The monoisotopic (exact) mass is 400 g/mol. The van der Waals surface area contributed by atoms with Crippen molar-refractivity contribution in [1.82, 2.24) is 0 Å². The van der Waals surface area contributed by atoms with E-state index in [0.29, 0.717) is 18.1 Å². The summed E-state index contributed by atoms with van der Waals surface area (Å²) in [4.78, 5) is 10.8. The molecule has 1 aliphatic rings. The van der Waals surface area contributed by atoms with Crippen molar-refractivity contribution in [2.24, 2.45) is 5.10 Å². The second kappa shape index (κ2) is 8.65. The van der Waals surface area contributed by atoms with Crippen LogP contribution in [-0.4, -0.2) is 29.4 Å². The van der Waals surface area contributed by atoms with E-state index < -0.39 is 5.97 Å². The zero-order valence-corrected chi connectivity index (χ0v) is 17.2. The Bertz CT molecular complexity index is 893. The van der Waals surface area contributed by atoms with Crippen LogP contribution in [0.3, 0.4) is 0 Å². The molecule has 0 amide bonds. The quantitative estimate of drug-likeness (QED) is 0.709. The van der Waals surface area contributed by atoms with Crippen molar-refractivity contribution in [3.05, 3.63) is 58.1 Å². The van der Waals surface area contributed by atoms with Gasteiger partial charge in [0.1, 0.15) is 12.4 Å². The molecule has 1 heterocycles. The van der Waals surface area contributed by atoms with Gasteiger partial charge in [-0.2, -0.15) is 5.10 Å². The van der Waals surface area contributed by atoms with Gasteiger partial charge in [0.15, 0.2) is 0 Å². The average molecular weight is 401 g/mol. The Kier molecular flexibility index (Phi) is 6.25. The van der Waals surface area contributed by atoms with Gasteiger partial charge in [-0.3, -0.25) is 9.80 Å². The number of aryl methyl sites for hydroxylation is 1. The van der Waals surface area contributed by atoms with Crippen molar-refractivity contribution < 1.29 is 14.6 Å². The van der Waals surface area contributed by atoms with E-state index in [4.69, 9.17) is 21.4 Å². The molecule has 2 aromatic carbocycles. The van der Waals surface area contributed by atoms with Crippen LogP contribution in [0.4, 0.5) is 5.69 Å². The first kappa shape index (κ1) is 20.2. The van der Waals surface area contributed by atoms with Gasteiger partial charge in [-0.15, -0.1) is 0 Å². The zero-order chi connectivity index (χ0) is 20.3. The number of hydrazone groups is 1. The van der Waals surface area contributed by atoms with Crippen LogP contribution < -0.4 is 9.75 Å². The van der Waals surface area contributed by atoms with E-state index in [9.17, 15) is 4.79 Å². The molecule has 148 valence electrons. The zero-order valence-electron chi connectivity index (χ0n) is 16.4. The van der Waals surface area contributed by atoms with E-state index in [1.807, 2.05) is 62.2 Å². The molecule has 1 N–H and O–H groups in total. The minimum atomic E-state index is -0.781. The molecule has 3 rings (SSSR count). The number of anilines is 1. The molecule has 0 bridgehead atoms. The Morgan fingerprint density at radius 2 is 1.89 bits per heavy atom. The second-order valence-corrected chi connectivity index (χ2v) is 7.63. The summed E-state index contributed by atoms with van der Waals surface area (Å²) in [5, 5.41) is 16.2.